The smallest absolute Gasteiger partial charge is 0.243 e. The van der Waals surface area contributed by atoms with Crippen molar-refractivity contribution in [2.24, 2.45) is 0 Å². The van der Waals surface area contributed by atoms with Gasteiger partial charge in [0.2, 0.25) is 10.0 Å². The number of sulfonamides is 1. The van der Waals surface area contributed by atoms with E-state index in [0.717, 1.165) is 0 Å². The molecule has 0 amide bonds. The van der Waals surface area contributed by atoms with Gasteiger partial charge in [-0.2, -0.15) is 4.31 Å². The number of aliphatic hydroxyl groups is 1. The Morgan fingerprint density at radius 2 is 1.76 bits per heavy atom. The lowest BCUT2D eigenvalue weighted by molar-refractivity contribution is -0.698. The van der Waals surface area contributed by atoms with Crippen LogP contribution < -0.4 is 10.1 Å². The highest BCUT2D eigenvalue weighted by Crippen LogP contribution is 2.20. The number of hydrogen-bond donors (Lipinski definition) is 2. The molecule has 1 fully saturated rings. The summed E-state index contributed by atoms with van der Waals surface area (Å²) in [5.74, 6) is 0.529. The van der Waals surface area contributed by atoms with E-state index in [1.807, 2.05) is 18.2 Å². The SMILES string of the molecule is C[C@H]([NH2+]C[C@@H](O)COc1ccc(S(=O)(=O)N2CCOCC2)cc1)c1ccccc1. The molecule has 3 rings (SSSR count). The van der Waals surface area contributed by atoms with Crippen LogP contribution in [-0.4, -0.2) is 63.4 Å². The number of quaternary nitrogens is 1. The Morgan fingerprint density at radius 3 is 2.41 bits per heavy atom. The first-order valence-electron chi connectivity index (χ1n) is 9.84. The van der Waals surface area contributed by atoms with Crippen LogP contribution in [0.5, 0.6) is 5.75 Å². The summed E-state index contributed by atoms with van der Waals surface area (Å²) in [6.07, 6.45) is -0.627. The van der Waals surface area contributed by atoms with E-state index in [9.17, 15) is 13.5 Å². The zero-order valence-corrected chi connectivity index (χ0v) is 17.4. The molecule has 2 aromatic carbocycles. The van der Waals surface area contributed by atoms with E-state index < -0.39 is 16.1 Å². The maximum Gasteiger partial charge on any atom is 0.243 e. The summed E-state index contributed by atoms with van der Waals surface area (Å²) in [4.78, 5) is 0.234. The number of ether oxygens (including phenoxy) is 2. The Bertz CT molecular complexity index is 852. The molecular weight excluding hydrogens is 392 g/mol. The lowest BCUT2D eigenvalue weighted by atomic mass is 10.1. The van der Waals surface area contributed by atoms with Gasteiger partial charge in [0.1, 0.15) is 31.0 Å². The first kappa shape index (κ1) is 21.7. The quantitative estimate of drug-likeness (QED) is 0.624. The van der Waals surface area contributed by atoms with Crippen molar-refractivity contribution in [3.63, 3.8) is 0 Å². The summed E-state index contributed by atoms with van der Waals surface area (Å²) in [5.41, 5.74) is 1.21. The molecular formula is C21H29N2O5S+. The van der Waals surface area contributed by atoms with E-state index >= 15 is 0 Å². The maximum absolute atomic E-state index is 12.6. The minimum atomic E-state index is -3.51. The summed E-state index contributed by atoms with van der Waals surface area (Å²) in [6.45, 7) is 4.31. The molecule has 0 saturated carbocycles. The topological polar surface area (TPSA) is 92.7 Å². The number of morpholine rings is 1. The van der Waals surface area contributed by atoms with Crippen molar-refractivity contribution in [2.45, 2.75) is 24.0 Å². The molecule has 0 unspecified atom stereocenters. The van der Waals surface area contributed by atoms with Crippen LogP contribution in [0.3, 0.4) is 0 Å². The van der Waals surface area contributed by atoms with Gasteiger partial charge < -0.3 is 19.9 Å². The molecule has 1 saturated heterocycles. The van der Waals surface area contributed by atoms with Crippen LogP contribution in [0.25, 0.3) is 0 Å². The van der Waals surface area contributed by atoms with Crippen LogP contribution in [0, 0.1) is 0 Å². The predicted octanol–water partition coefficient (Wildman–Crippen LogP) is 0.772. The Hall–Kier alpha value is -1.97. The Kier molecular flexibility index (Phi) is 7.63. The lowest BCUT2D eigenvalue weighted by Gasteiger charge is -2.26. The molecule has 29 heavy (non-hydrogen) atoms. The van der Waals surface area contributed by atoms with Gasteiger partial charge >= 0.3 is 0 Å². The number of nitrogens with zero attached hydrogens (tertiary/aromatic N) is 1. The molecule has 0 aromatic heterocycles. The molecule has 1 aliphatic rings. The summed E-state index contributed by atoms with van der Waals surface area (Å²) < 4.78 is 37.5. The third-order valence-electron chi connectivity index (χ3n) is 4.96. The number of rotatable bonds is 9. The van der Waals surface area contributed by atoms with E-state index in [1.54, 1.807) is 12.1 Å². The second-order valence-corrected chi connectivity index (χ2v) is 9.06. The minimum Gasteiger partial charge on any atom is -0.491 e. The van der Waals surface area contributed by atoms with Gasteiger partial charge in [-0.15, -0.1) is 0 Å². The number of benzene rings is 2. The van der Waals surface area contributed by atoms with Crippen molar-refractivity contribution in [3.8, 4) is 5.75 Å². The molecule has 1 heterocycles. The van der Waals surface area contributed by atoms with Crippen LogP contribution in [0.1, 0.15) is 18.5 Å². The third-order valence-corrected chi connectivity index (χ3v) is 6.87. The Balaban J connectivity index is 1.47. The largest absolute Gasteiger partial charge is 0.491 e. The Labute approximate surface area is 172 Å². The molecule has 0 aliphatic carbocycles. The van der Waals surface area contributed by atoms with Crippen molar-refractivity contribution < 1.29 is 28.3 Å². The van der Waals surface area contributed by atoms with Gasteiger partial charge in [-0.1, -0.05) is 30.3 Å². The van der Waals surface area contributed by atoms with Crippen molar-refractivity contribution in [3.05, 3.63) is 60.2 Å². The average molecular weight is 422 g/mol. The average Bonchev–Trinajstić information content (AvgIpc) is 2.77. The van der Waals surface area contributed by atoms with Gasteiger partial charge in [0.05, 0.1) is 18.1 Å². The normalized spacial score (nSPS) is 17.6. The summed E-state index contributed by atoms with van der Waals surface area (Å²) in [6, 6.07) is 16.7. The van der Waals surface area contributed by atoms with Gasteiger partial charge in [-0.05, 0) is 31.2 Å². The molecule has 8 heteroatoms. The summed E-state index contributed by atoms with van der Waals surface area (Å²) in [5, 5.41) is 12.3. The molecule has 3 N–H and O–H groups in total. The third kappa shape index (κ3) is 6.01. The molecule has 0 radical (unpaired) electrons. The molecule has 2 atom stereocenters. The van der Waals surface area contributed by atoms with E-state index in [0.29, 0.717) is 38.6 Å². The zero-order valence-electron chi connectivity index (χ0n) is 16.6. The monoisotopic (exact) mass is 421 g/mol. The lowest BCUT2D eigenvalue weighted by Crippen LogP contribution is -2.87. The van der Waals surface area contributed by atoms with Gasteiger partial charge in [-0.3, -0.25) is 0 Å². The van der Waals surface area contributed by atoms with Crippen molar-refractivity contribution in [1.29, 1.82) is 0 Å². The summed E-state index contributed by atoms with van der Waals surface area (Å²) >= 11 is 0. The highest BCUT2D eigenvalue weighted by Gasteiger charge is 2.26. The van der Waals surface area contributed by atoms with Crippen LogP contribution in [0.15, 0.2) is 59.5 Å². The van der Waals surface area contributed by atoms with Crippen molar-refractivity contribution >= 4 is 10.0 Å². The van der Waals surface area contributed by atoms with Crippen molar-refractivity contribution in [1.82, 2.24) is 4.31 Å². The fraction of sp³-hybridized carbons (Fsp3) is 0.429. The molecule has 1 aliphatic heterocycles. The van der Waals surface area contributed by atoms with Gasteiger partial charge in [0.25, 0.3) is 0 Å². The maximum atomic E-state index is 12.6. The van der Waals surface area contributed by atoms with Crippen molar-refractivity contribution in [2.75, 3.05) is 39.5 Å². The summed E-state index contributed by atoms with van der Waals surface area (Å²) in [7, 11) is -3.51. The van der Waals surface area contributed by atoms with Crippen LogP contribution in [-0.2, 0) is 14.8 Å². The molecule has 158 valence electrons. The van der Waals surface area contributed by atoms with Crippen LogP contribution in [0.4, 0.5) is 0 Å². The fourth-order valence-electron chi connectivity index (χ4n) is 3.16. The number of hydrogen-bond acceptors (Lipinski definition) is 5. The van der Waals surface area contributed by atoms with E-state index in [4.69, 9.17) is 9.47 Å². The zero-order chi connectivity index (χ0) is 20.7. The standard InChI is InChI=1S/C21H28N2O5S/c1-17(18-5-3-2-4-6-18)22-15-19(24)16-28-20-7-9-21(10-8-20)29(25,26)23-11-13-27-14-12-23/h2-10,17,19,22,24H,11-16H2,1H3/p+1/t17-,19+/m0/s1. The van der Waals surface area contributed by atoms with E-state index in [2.05, 4.69) is 24.4 Å². The first-order valence-corrected chi connectivity index (χ1v) is 11.3. The van der Waals surface area contributed by atoms with Crippen LogP contribution >= 0.6 is 0 Å². The van der Waals surface area contributed by atoms with E-state index in [1.165, 1.54) is 22.0 Å². The van der Waals surface area contributed by atoms with Gasteiger partial charge in [0, 0.05) is 18.7 Å². The number of aliphatic hydroxyl groups excluding tert-OH is 1. The highest BCUT2D eigenvalue weighted by molar-refractivity contribution is 7.89. The number of nitrogens with two attached hydrogens (primary N) is 1. The first-order chi connectivity index (χ1) is 14.0. The van der Waals surface area contributed by atoms with Crippen LogP contribution in [0.2, 0.25) is 0 Å². The molecule has 0 spiro atoms. The predicted molar refractivity (Wildman–Crippen MR) is 109 cm³/mol. The van der Waals surface area contributed by atoms with Gasteiger partial charge in [0.15, 0.2) is 0 Å². The molecule has 2 aromatic rings. The highest BCUT2D eigenvalue weighted by atomic mass is 32.2. The fourth-order valence-corrected chi connectivity index (χ4v) is 4.57. The van der Waals surface area contributed by atoms with E-state index in [-0.39, 0.29) is 17.5 Å². The second kappa shape index (κ2) is 10.2. The van der Waals surface area contributed by atoms with Gasteiger partial charge in [-0.25, -0.2) is 8.42 Å². The Morgan fingerprint density at radius 1 is 1.10 bits per heavy atom. The minimum absolute atomic E-state index is 0.146. The second-order valence-electron chi connectivity index (χ2n) is 7.12. The molecule has 7 nitrogen and oxygen atoms in total. The molecule has 0 bridgehead atoms.